The summed E-state index contributed by atoms with van der Waals surface area (Å²) in [5, 5.41) is 10.3. The lowest BCUT2D eigenvalue weighted by atomic mass is 10.3. The van der Waals surface area contributed by atoms with E-state index in [1.165, 1.54) is 0 Å². The van der Waals surface area contributed by atoms with Gasteiger partial charge in [-0.15, -0.1) is 0 Å². The third kappa shape index (κ3) is 3.65. The minimum absolute atomic E-state index is 0.0434. The summed E-state index contributed by atoms with van der Waals surface area (Å²) in [6.45, 7) is 7.92. The first-order chi connectivity index (χ1) is 8.60. The van der Waals surface area contributed by atoms with E-state index in [-0.39, 0.29) is 5.91 Å². The van der Waals surface area contributed by atoms with Gasteiger partial charge in [0.05, 0.1) is 11.4 Å². The molecule has 102 valence electrons. The average molecular weight is 253 g/mol. The Kier molecular flexibility index (Phi) is 5.48. The van der Waals surface area contributed by atoms with Crippen molar-refractivity contribution in [1.29, 1.82) is 0 Å². The van der Waals surface area contributed by atoms with Gasteiger partial charge in [0.25, 0.3) is 0 Å². The molecule has 0 aliphatic carbocycles. The molecular weight excluding hydrogens is 230 g/mol. The van der Waals surface area contributed by atoms with Crippen LogP contribution in [0.2, 0.25) is 0 Å². The van der Waals surface area contributed by atoms with Crippen molar-refractivity contribution in [2.75, 3.05) is 24.1 Å². The van der Waals surface area contributed by atoms with Gasteiger partial charge in [-0.1, -0.05) is 6.92 Å². The second kappa shape index (κ2) is 6.88. The monoisotopic (exact) mass is 253 g/mol. The molecule has 0 fully saturated rings. The van der Waals surface area contributed by atoms with Gasteiger partial charge < -0.3 is 16.4 Å². The third-order valence-electron chi connectivity index (χ3n) is 2.63. The van der Waals surface area contributed by atoms with Gasteiger partial charge >= 0.3 is 0 Å². The van der Waals surface area contributed by atoms with Crippen molar-refractivity contribution in [3.05, 3.63) is 5.69 Å². The van der Waals surface area contributed by atoms with Crippen molar-refractivity contribution >= 4 is 17.4 Å². The van der Waals surface area contributed by atoms with Crippen LogP contribution in [0.1, 0.15) is 32.4 Å². The molecule has 0 aliphatic heterocycles. The van der Waals surface area contributed by atoms with Crippen LogP contribution in [0, 0.1) is 6.92 Å². The summed E-state index contributed by atoms with van der Waals surface area (Å²) in [6.07, 6.45) is 1.43. The maximum atomic E-state index is 11.3. The van der Waals surface area contributed by atoms with Crippen LogP contribution in [0.4, 0.5) is 11.5 Å². The standard InChI is InChI=1S/C12H23N5O/c1-4-8-17-12(11(13)9(3)16-17)15-7-6-10(18)14-5-2/h15H,4-8,13H2,1-3H3,(H,14,18). The van der Waals surface area contributed by atoms with Gasteiger partial charge in [0, 0.05) is 26.1 Å². The minimum Gasteiger partial charge on any atom is -0.394 e. The lowest BCUT2D eigenvalue weighted by molar-refractivity contribution is -0.120. The molecule has 1 aromatic heterocycles. The Hall–Kier alpha value is -1.72. The molecule has 0 bridgehead atoms. The molecule has 1 heterocycles. The first-order valence-corrected chi connectivity index (χ1v) is 6.43. The quantitative estimate of drug-likeness (QED) is 0.680. The summed E-state index contributed by atoms with van der Waals surface area (Å²) in [4.78, 5) is 11.3. The van der Waals surface area contributed by atoms with Gasteiger partial charge in [0.2, 0.25) is 5.91 Å². The van der Waals surface area contributed by atoms with Gasteiger partial charge in [0.1, 0.15) is 5.82 Å². The molecular formula is C12H23N5O. The largest absolute Gasteiger partial charge is 0.394 e. The lowest BCUT2D eigenvalue weighted by Gasteiger charge is -2.09. The molecule has 0 atom stereocenters. The van der Waals surface area contributed by atoms with Gasteiger partial charge in [-0.2, -0.15) is 5.10 Å². The molecule has 4 N–H and O–H groups in total. The highest BCUT2D eigenvalue weighted by atomic mass is 16.1. The van der Waals surface area contributed by atoms with Gasteiger partial charge in [0.15, 0.2) is 0 Å². The molecule has 1 amide bonds. The number of anilines is 2. The second-order valence-corrected chi connectivity index (χ2v) is 4.20. The maximum Gasteiger partial charge on any atom is 0.221 e. The van der Waals surface area contributed by atoms with E-state index in [4.69, 9.17) is 5.73 Å². The summed E-state index contributed by atoms with van der Waals surface area (Å²) in [5.74, 6) is 0.862. The van der Waals surface area contributed by atoms with E-state index in [2.05, 4.69) is 22.7 Å². The van der Waals surface area contributed by atoms with Crippen LogP contribution in [-0.4, -0.2) is 28.8 Å². The van der Waals surface area contributed by atoms with E-state index in [0.717, 1.165) is 24.5 Å². The van der Waals surface area contributed by atoms with E-state index in [1.807, 2.05) is 18.5 Å². The van der Waals surface area contributed by atoms with E-state index in [9.17, 15) is 4.79 Å². The van der Waals surface area contributed by atoms with Crippen molar-refractivity contribution in [3.63, 3.8) is 0 Å². The first kappa shape index (κ1) is 14.3. The zero-order valence-corrected chi connectivity index (χ0v) is 11.4. The average Bonchev–Trinajstić information content (AvgIpc) is 2.58. The number of hydrogen-bond acceptors (Lipinski definition) is 4. The molecule has 1 aromatic rings. The second-order valence-electron chi connectivity index (χ2n) is 4.20. The predicted octanol–water partition coefficient (Wildman–Crippen LogP) is 1.12. The Morgan fingerprint density at radius 3 is 2.78 bits per heavy atom. The summed E-state index contributed by atoms with van der Waals surface area (Å²) >= 11 is 0. The highest BCUT2D eigenvalue weighted by molar-refractivity contribution is 5.76. The third-order valence-corrected chi connectivity index (χ3v) is 2.63. The molecule has 0 spiro atoms. The van der Waals surface area contributed by atoms with Crippen LogP contribution < -0.4 is 16.4 Å². The fourth-order valence-corrected chi connectivity index (χ4v) is 1.74. The highest BCUT2D eigenvalue weighted by Gasteiger charge is 2.11. The smallest absolute Gasteiger partial charge is 0.221 e. The summed E-state index contributed by atoms with van der Waals surface area (Å²) in [7, 11) is 0. The number of rotatable bonds is 7. The van der Waals surface area contributed by atoms with E-state index in [1.54, 1.807) is 0 Å². The molecule has 18 heavy (non-hydrogen) atoms. The van der Waals surface area contributed by atoms with Crippen LogP contribution >= 0.6 is 0 Å². The minimum atomic E-state index is 0.0434. The number of amides is 1. The van der Waals surface area contributed by atoms with Crippen molar-refractivity contribution in [2.45, 2.75) is 40.2 Å². The lowest BCUT2D eigenvalue weighted by Crippen LogP contribution is -2.25. The number of hydrogen-bond donors (Lipinski definition) is 3. The zero-order valence-electron chi connectivity index (χ0n) is 11.4. The molecule has 6 nitrogen and oxygen atoms in total. The van der Waals surface area contributed by atoms with Crippen molar-refractivity contribution in [1.82, 2.24) is 15.1 Å². The molecule has 0 radical (unpaired) electrons. The Labute approximate surface area is 108 Å². The predicted molar refractivity (Wildman–Crippen MR) is 73.5 cm³/mol. The fraction of sp³-hybridized carbons (Fsp3) is 0.667. The molecule has 0 aromatic carbocycles. The molecule has 1 rings (SSSR count). The number of aryl methyl sites for hydroxylation is 2. The van der Waals surface area contributed by atoms with E-state index < -0.39 is 0 Å². The normalized spacial score (nSPS) is 10.4. The van der Waals surface area contributed by atoms with Crippen LogP contribution in [0.25, 0.3) is 0 Å². The van der Waals surface area contributed by atoms with Crippen LogP contribution in [0.15, 0.2) is 0 Å². The van der Waals surface area contributed by atoms with Gasteiger partial charge in [-0.3, -0.25) is 4.79 Å². The number of nitrogens with zero attached hydrogens (tertiary/aromatic N) is 2. The number of carbonyl (C=O) groups excluding carboxylic acids is 1. The molecule has 6 heteroatoms. The van der Waals surface area contributed by atoms with E-state index in [0.29, 0.717) is 25.2 Å². The number of aromatic nitrogens is 2. The number of nitrogen functional groups attached to an aromatic ring is 1. The Bertz CT molecular complexity index is 399. The van der Waals surface area contributed by atoms with E-state index >= 15 is 0 Å². The first-order valence-electron chi connectivity index (χ1n) is 6.43. The summed E-state index contributed by atoms with van der Waals surface area (Å²) in [5.41, 5.74) is 7.45. The summed E-state index contributed by atoms with van der Waals surface area (Å²) in [6, 6.07) is 0. The topological polar surface area (TPSA) is 85.0 Å². The molecule has 0 unspecified atom stereocenters. The number of nitrogens with two attached hydrogens (primary N) is 1. The highest BCUT2D eigenvalue weighted by Crippen LogP contribution is 2.22. The summed E-state index contributed by atoms with van der Waals surface area (Å²) < 4.78 is 1.86. The van der Waals surface area contributed by atoms with Gasteiger partial charge in [-0.25, -0.2) is 4.68 Å². The van der Waals surface area contributed by atoms with Crippen molar-refractivity contribution in [3.8, 4) is 0 Å². The SMILES string of the molecule is CCCn1nc(C)c(N)c1NCCC(=O)NCC. The zero-order chi connectivity index (χ0) is 13.5. The Balaban J connectivity index is 2.57. The van der Waals surface area contributed by atoms with Crippen molar-refractivity contribution in [2.24, 2.45) is 0 Å². The fourth-order valence-electron chi connectivity index (χ4n) is 1.74. The van der Waals surface area contributed by atoms with Crippen LogP contribution in [0.3, 0.4) is 0 Å². The number of carbonyl (C=O) groups is 1. The maximum absolute atomic E-state index is 11.3. The molecule has 0 aliphatic rings. The van der Waals surface area contributed by atoms with Crippen LogP contribution in [-0.2, 0) is 11.3 Å². The Morgan fingerprint density at radius 2 is 2.17 bits per heavy atom. The number of nitrogens with one attached hydrogen (secondary N) is 2. The van der Waals surface area contributed by atoms with Crippen LogP contribution in [0.5, 0.6) is 0 Å². The Morgan fingerprint density at radius 1 is 1.44 bits per heavy atom. The molecule has 0 saturated carbocycles. The molecule has 0 saturated heterocycles. The van der Waals surface area contributed by atoms with Gasteiger partial charge in [-0.05, 0) is 20.3 Å². The van der Waals surface area contributed by atoms with Crippen molar-refractivity contribution < 1.29 is 4.79 Å².